The molecule has 0 heterocycles. The van der Waals surface area contributed by atoms with Crippen LogP contribution in [0, 0.1) is 0 Å². The number of carbonyl (C=O) groups is 1. The second kappa shape index (κ2) is 19.2. The van der Waals surface area contributed by atoms with Gasteiger partial charge in [-0.3, -0.25) is 28.3 Å². The molecule has 4 unspecified atom stereocenters. The SMILES string of the molecule is O=C(NCCCCCCCCCCP(=O)(O)O)C(F)(OC(F)(F)C(F)(OC(F)(F)C(F)(OC(F)(F)C(F)(OC(F)(F)C(F)(F)C(F)(F)F)C(F)(F)F)C(F)(F)F)C(F)(F)F)C(F)(F)F. The first-order valence-electron chi connectivity index (χ1n) is 15.8. The maximum atomic E-state index is 14.8. The maximum Gasteiger partial charge on any atom is 0.462 e. The minimum absolute atomic E-state index is 0.0319. The van der Waals surface area contributed by atoms with Crippen molar-refractivity contribution < 1.29 is 165 Å². The Hall–Kier alpha value is -2.57. The van der Waals surface area contributed by atoms with Crippen LogP contribution < -0.4 is 5.32 Å². The third kappa shape index (κ3) is 13.3. The van der Waals surface area contributed by atoms with Gasteiger partial charge in [-0.15, -0.1) is 0 Å². The zero-order valence-electron chi connectivity index (χ0n) is 29.8. The number of unbranched alkanes of at least 4 members (excludes halogenated alkanes) is 7. The number of alkyl halides is 29. The Balaban J connectivity index is 6.94. The molecule has 0 bridgehead atoms. The van der Waals surface area contributed by atoms with Crippen LogP contribution in [0.15, 0.2) is 0 Å². The molecule has 0 aromatic rings. The summed E-state index contributed by atoms with van der Waals surface area (Å²) in [6.07, 6.45) is -77.8. The fraction of sp³-hybridized carbons (Fsp3) is 0.960. The van der Waals surface area contributed by atoms with Gasteiger partial charge in [-0.05, 0) is 12.8 Å². The highest BCUT2D eigenvalue weighted by Gasteiger charge is 2.90. The Kier molecular flexibility index (Phi) is 18.4. The van der Waals surface area contributed by atoms with Crippen LogP contribution in [0.5, 0.6) is 0 Å². The third-order valence-electron chi connectivity index (χ3n) is 7.33. The molecule has 0 aromatic heterocycles. The molecule has 0 rings (SSSR count). The molecular weight excluding hydrogens is 1020 g/mol. The van der Waals surface area contributed by atoms with Crippen LogP contribution in [0.25, 0.3) is 0 Å². The van der Waals surface area contributed by atoms with Crippen LogP contribution in [-0.4, -0.2) is 113 Å². The summed E-state index contributed by atoms with van der Waals surface area (Å²) in [6.45, 7) is -1.37. The van der Waals surface area contributed by atoms with Gasteiger partial charge in [0, 0.05) is 12.7 Å². The summed E-state index contributed by atoms with van der Waals surface area (Å²) in [5.41, 5.74) is 0. The zero-order valence-corrected chi connectivity index (χ0v) is 30.7. The van der Waals surface area contributed by atoms with Crippen molar-refractivity contribution in [2.24, 2.45) is 0 Å². The van der Waals surface area contributed by atoms with Crippen LogP contribution in [0.1, 0.15) is 51.4 Å². The predicted octanol–water partition coefficient (Wildman–Crippen LogP) is 10.9. The topological polar surface area (TPSA) is 124 Å². The number of rotatable bonds is 24. The molecule has 0 aliphatic carbocycles. The number of hydrogen-bond donors (Lipinski definition) is 3. The number of carbonyl (C=O) groups excluding carboxylic acids is 1. The van der Waals surface area contributed by atoms with Crippen LogP contribution in [-0.2, 0) is 28.3 Å². The van der Waals surface area contributed by atoms with Gasteiger partial charge >= 0.3 is 92.3 Å². The molecule has 0 aromatic carbocycles. The van der Waals surface area contributed by atoms with E-state index in [-0.39, 0.29) is 32.1 Å². The Bertz CT molecular complexity index is 1590. The number of ether oxygens (including phenoxy) is 4. The average molecular weight is 1050 g/mol. The van der Waals surface area contributed by atoms with Gasteiger partial charge in [0.1, 0.15) is 0 Å². The molecule has 0 saturated heterocycles. The third-order valence-corrected chi connectivity index (χ3v) is 8.23. The standard InChI is InChI=1S/C25H23F29NO8P/c26-12(17(32,33)34,11(56)55-9-7-5-3-1-2-4-6-8-10-64(57,58)59)60-23(49,50)14(29,19(38,39)40)62-25(53,54)16(31,21(44,45)46)63-24(51,52)15(30,20(41,42)43)61-22(47,48)13(27,28)18(35,36)37/h1-10H2,(H,55,56)(H2,57,58,59). The van der Waals surface area contributed by atoms with Crippen molar-refractivity contribution in [2.75, 3.05) is 12.7 Å². The highest BCUT2D eigenvalue weighted by Crippen LogP contribution is 2.61. The molecule has 39 heteroatoms. The van der Waals surface area contributed by atoms with Gasteiger partial charge in [0.25, 0.3) is 5.91 Å². The molecule has 3 N–H and O–H groups in total. The fourth-order valence-corrected chi connectivity index (χ4v) is 4.67. The molecule has 0 fully saturated rings. The second-order valence-electron chi connectivity index (χ2n) is 12.4. The van der Waals surface area contributed by atoms with Crippen molar-refractivity contribution in [3.05, 3.63) is 0 Å². The number of nitrogens with one attached hydrogen (secondary N) is 1. The lowest BCUT2D eigenvalue weighted by atomic mass is 10.1. The molecule has 0 saturated carbocycles. The zero-order chi connectivity index (χ0) is 51.7. The molecule has 4 atom stereocenters. The summed E-state index contributed by atoms with van der Waals surface area (Å²) < 4.78 is 410. The van der Waals surface area contributed by atoms with E-state index in [0.29, 0.717) is 18.2 Å². The van der Waals surface area contributed by atoms with Crippen LogP contribution in [0.3, 0.4) is 0 Å². The van der Waals surface area contributed by atoms with E-state index in [2.05, 4.69) is 0 Å². The molecule has 9 nitrogen and oxygen atoms in total. The Morgan fingerprint density at radius 3 is 0.953 bits per heavy atom. The number of halogens is 29. The van der Waals surface area contributed by atoms with Gasteiger partial charge < -0.3 is 15.1 Å². The summed E-state index contributed by atoms with van der Waals surface area (Å²) in [7, 11) is -4.31. The molecule has 0 aliphatic heterocycles. The fourth-order valence-electron chi connectivity index (χ4n) is 4.03. The lowest BCUT2D eigenvalue weighted by molar-refractivity contribution is -0.592. The van der Waals surface area contributed by atoms with Gasteiger partial charge in [-0.25, -0.2) is 0 Å². The quantitative estimate of drug-likeness (QED) is 0.0496. The maximum absolute atomic E-state index is 14.8. The summed E-state index contributed by atoms with van der Waals surface area (Å²) in [6, 6.07) is 0. The van der Waals surface area contributed by atoms with Crippen molar-refractivity contribution in [1.82, 2.24) is 5.32 Å². The molecule has 384 valence electrons. The second-order valence-corrected chi connectivity index (χ2v) is 14.2. The largest absolute Gasteiger partial charge is 0.462 e. The lowest BCUT2D eigenvalue weighted by Crippen LogP contribution is -2.72. The van der Waals surface area contributed by atoms with E-state index in [0.717, 1.165) is 14.2 Å². The molecule has 0 aliphatic rings. The number of hydrogen-bond acceptors (Lipinski definition) is 6. The summed E-state index contributed by atoms with van der Waals surface area (Å²) in [4.78, 5) is 29.3. The first kappa shape index (κ1) is 61.4. The first-order valence-corrected chi connectivity index (χ1v) is 17.6. The summed E-state index contributed by atoms with van der Waals surface area (Å²) in [5, 5.41) is 0.681. The van der Waals surface area contributed by atoms with Crippen molar-refractivity contribution in [3.63, 3.8) is 0 Å². The van der Waals surface area contributed by atoms with Gasteiger partial charge in [0.05, 0.1) is 0 Å². The molecule has 0 radical (unpaired) electrons. The van der Waals surface area contributed by atoms with Gasteiger partial charge in [0.2, 0.25) is 0 Å². The van der Waals surface area contributed by atoms with Crippen molar-refractivity contribution in [1.29, 1.82) is 0 Å². The van der Waals surface area contributed by atoms with E-state index in [9.17, 15) is 137 Å². The Labute approximate surface area is 334 Å². The summed E-state index contributed by atoms with van der Waals surface area (Å²) >= 11 is 0. The Morgan fingerprint density at radius 2 is 0.672 bits per heavy atom. The van der Waals surface area contributed by atoms with Crippen molar-refractivity contribution in [2.45, 2.75) is 136 Å². The predicted molar refractivity (Wildman–Crippen MR) is 142 cm³/mol. The first-order chi connectivity index (χ1) is 27.7. The lowest BCUT2D eigenvalue weighted by Gasteiger charge is -2.44. The molecule has 1 amide bonds. The average Bonchev–Trinajstić information content (AvgIpc) is 3.02. The normalized spacial score (nSPS) is 18.8. The van der Waals surface area contributed by atoms with Gasteiger partial charge in [-0.2, -0.15) is 127 Å². The van der Waals surface area contributed by atoms with E-state index in [1.165, 1.54) is 0 Å². The van der Waals surface area contributed by atoms with Crippen LogP contribution in [0.2, 0.25) is 0 Å². The number of amides is 1. The van der Waals surface area contributed by atoms with Gasteiger partial charge in [-0.1, -0.05) is 38.5 Å². The Morgan fingerprint density at radius 1 is 0.391 bits per heavy atom. The van der Waals surface area contributed by atoms with Crippen molar-refractivity contribution >= 4 is 13.5 Å². The van der Waals surface area contributed by atoms with Crippen molar-refractivity contribution in [3.8, 4) is 0 Å². The minimum Gasteiger partial charge on any atom is -0.351 e. The monoisotopic (exact) mass is 1050 g/mol. The van der Waals surface area contributed by atoms with E-state index < -0.39 is 117 Å². The smallest absolute Gasteiger partial charge is 0.351 e. The van der Waals surface area contributed by atoms with Gasteiger partial charge in [0.15, 0.2) is 0 Å². The van der Waals surface area contributed by atoms with Crippen LogP contribution in [0.4, 0.5) is 127 Å². The van der Waals surface area contributed by atoms with E-state index in [1.807, 2.05) is 0 Å². The van der Waals surface area contributed by atoms with Crippen LogP contribution >= 0.6 is 7.60 Å². The highest BCUT2D eigenvalue weighted by molar-refractivity contribution is 7.51. The molecule has 0 spiro atoms. The highest BCUT2D eigenvalue weighted by atomic mass is 31.2. The van der Waals surface area contributed by atoms with E-state index in [4.69, 9.17) is 9.79 Å². The minimum atomic E-state index is -9.27. The molecular formula is C25H23F29NO8P. The summed E-state index contributed by atoms with van der Waals surface area (Å²) in [5.74, 6) is -46.8. The van der Waals surface area contributed by atoms with E-state index in [1.54, 1.807) is 4.74 Å². The van der Waals surface area contributed by atoms with E-state index >= 15 is 0 Å². The molecule has 64 heavy (non-hydrogen) atoms.